The number of amides is 2. The summed E-state index contributed by atoms with van der Waals surface area (Å²) in [5.41, 5.74) is 1.71. The lowest BCUT2D eigenvalue weighted by Gasteiger charge is -2.34. The Balaban J connectivity index is 1.70. The predicted octanol–water partition coefficient (Wildman–Crippen LogP) is 1.43. The standard InChI is InChI=1S/C20H21N3O5/c1-21-19(25)17-11-23(15-5-3-4-6-16(15)28-17)12-18(24)22-14-9-7-13(8-10-14)20(26)27-2/h3-10,17H,11-12H2,1-2H3,(H,21,25)(H,22,24). The van der Waals surface area contributed by atoms with Crippen LogP contribution in [-0.2, 0) is 14.3 Å². The van der Waals surface area contributed by atoms with E-state index in [1.807, 2.05) is 18.2 Å². The molecule has 1 heterocycles. The molecule has 1 aliphatic rings. The Morgan fingerprint density at radius 3 is 2.54 bits per heavy atom. The number of rotatable bonds is 5. The Morgan fingerprint density at radius 1 is 1.14 bits per heavy atom. The molecule has 0 saturated carbocycles. The average Bonchev–Trinajstić information content (AvgIpc) is 2.73. The molecule has 28 heavy (non-hydrogen) atoms. The summed E-state index contributed by atoms with van der Waals surface area (Å²) in [6.07, 6.45) is -0.702. The molecule has 2 aromatic carbocycles. The van der Waals surface area contributed by atoms with E-state index in [0.717, 1.165) is 5.69 Å². The van der Waals surface area contributed by atoms with Gasteiger partial charge in [0.15, 0.2) is 6.10 Å². The molecule has 0 fully saturated rings. The van der Waals surface area contributed by atoms with E-state index in [1.54, 1.807) is 42.3 Å². The van der Waals surface area contributed by atoms with E-state index < -0.39 is 12.1 Å². The maximum absolute atomic E-state index is 12.5. The van der Waals surface area contributed by atoms with Crippen LogP contribution in [0.2, 0.25) is 0 Å². The number of nitrogens with one attached hydrogen (secondary N) is 2. The molecule has 3 rings (SSSR count). The molecule has 1 unspecified atom stereocenters. The fourth-order valence-corrected chi connectivity index (χ4v) is 2.94. The maximum Gasteiger partial charge on any atom is 0.337 e. The molecule has 0 radical (unpaired) electrons. The molecule has 0 saturated heterocycles. The van der Waals surface area contributed by atoms with Gasteiger partial charge in [-0.25, -0.2) is 4.79 Å². The Labute approximate surface area is 162 Å². The van der Waals surface area contributed by atoms with Crippen molar-refractivity contribution in [2.75, 3.05) is 37.5 Å². The zero-order valence-corrected chi connectivity index (χ0v) is 15.6. The van der Waals surface area contributed by atoms with Gasteiger partial charge in [-0.3, -0.25) is 9.59 Å². The van der Waals surface area contributed by atoms with Crippen LogP contribution in [0.3, 0.4) is 0 Å². The van der Waals surface area contributed by atoms with Gasteiger partial charge in [0.25, 0.3) is 5.91 Å². The van der Waals surface area contributed by atoms with Gasteiger partial charge in [-0.2, -0.15) is 0 Å². The minimum atomic E-state index is -0.702. The number of esters is 1. The summed E-state index contributed by atoms with van der Waals surface area (Å²) in [6.45, 7) is 0.304. The first kappa shape index (κ1) is 19.2. The van der Waals surface area contributed by atoms with Gasteiger partial charge in [0.2, 0.25) is 5.91 Å². The van der Waals surface area contributed by atoms with Crippen LogP contribution in [0.15, 0.2) is 48.5 Å². The van der Waals surface area contributed by atoms with Gasteiger partial charge in [0.1, 0.15) is 5.75 Å². The van der Waals surface area contributed by atoms with Crippen LogP contribution in [0.25, 0.3) is 0 Å². The molecule has 2 N–H and O–H groups in total. The first-order valence-corrected chi connectivity index (χ1v) is 8.72. The molecule has 0 aliphatic carbocycles. The highest BCUT2D eigenvalue weighted by atomic mass is 16.5. The van der Waals surface area contributed by atoms with Crippen molar-refractivity contribution >= 4 is 29.2 Å². The van der Waals surface area contributed by atoms with Crippen molar-refractivity contribution in [2.24, 2.45) is 0 Å². The minimum absolute atomic E-state index is 0.0482. The summed E-state index contributed by atoms with van der Waals surface area (Å²) < 4.78 is 10.4. The van der Waals surface area contributed by atoms with E-state index in [2.05, 4.69) is 15.4 Å². The van der Waals surface area contributed by atoms with Gasteiger partial charge in [-0.1, -0.05) is 12.1 Å². The number of carbonyl (C=O) groups excluding carboxylic acids is 3. The monoisotopic (exact) mass is 383 g/mol. The molecule has 8 heteroatoms. The third kappa shape index (κ3) is 4.22. The highest BCUT2D eigenvalue weighted by Crippen LogP contribution is 2.32. The number of nitrogens with zero attached hydrogens (tertiary/aromatic N) is 1. The smallest absolute Gasteiger partial charge is 0.337 e. The number of ether oxygens (including phenoxy) is 2. The highest BCUT2D eigenvalue weighted by Gasteiger charge is 2.30. The van der Waals surface area contributed by atoms with E-state index >= 15 is 0 Å². The lowest BCUT2D eigenvalue weighted by atomic mass is 10.1. The van der Waals surface area contributed by atoms with Crippen LogP contribution < -0.4 is 20.3 Å². The first-order chi connectivity index (χ1) is 13.5. The van der Waals surface area contributed by atoms with E-state index in [-0.39, 0.29) is 24.9 Å². The predicted molar refractivity (Wildman–Crippen MR) is 104 cm³/mol. The van der Waals surface area contributed by atoms with Crippen molar-refractivity contribution in [2.45, 2.75) is 6.10 Å². The highest BCUT2D eigenvalue weighted by molar-refractivity contribution is 5.96. The van der Waals surface area contributed by atoms with Gasteiger partial charge in [0, 0.05) is 12.7 Å². The molecule has 1 atom stereocenters. The first-order valence-electron chi connectivity index (χ1n) is 8.72. The molecule has 0 spiro atoms. The number of carbonyl (C=O) groups is 3. The topological polar surface area (TPSA) is 97.0 Å². The van der Waals surface area contributed by atoms with E-state index in [4.69, 9.17) is 4.74 Å². The van der Waals surface area contributed by atoms with Crippen LogP contribution >= 0.6 is 0 Å². The number of para-hydroxylation sites is 2. The van der Waals surface area contributed by atoms with Crippen LogP contribution in [0.5, 0.6) is 5.75 Å². The Hall–Kier alpha value is -3.55. The Morgan fingerprint density at radius 2 is 1.86 bits per heavy atom. The Bertz CT molecular complexity index is 882. The number of anilines is 2. The fraction of sp³-hybridized carbons (Fsp3) is 0.250. The van der Waals surface area contributed by atoms with Gasteiger partial charge in [0.05, 0.1) is 31.5 Å². The number of likely N-dealkylation sites (N-methyl/N-ethyl adjacent to an activating group) is 1. The third-order valence-corrected chi connectivity index (χ3v) is 4.32. The largest absolute Gasteiger partial charge is 0.477 e. The van der Waals surface area contributed by atoms with Crippen molar-refractivity contribution in [3.63, 3.8) is 0 Å². The zero-order chi connectivity index (χ0) is 20.1. The fourth-order valence-electron chi connectivity index (χ4n) is 2.94. The third-order valence-electron chi connectivity index (χ3n) is 4.32. The summed E-state index contributed by atoms with van der Waals surface area (Å²) in [5.74, 6) is -0.392. The van der Waals surface area contributed by atoms with Crippen molar-refractivity contribution in [3.05, 3.63) is 54.1 Å². The van der Waals surface area contributed by atoms with Gasteiger partial charge >= 0.3 is 5.97 Å². The van der Waals surface area contributed by atoms with Crippen LogP contribution in [-0.4, -0.2) is 51.1 Å². The second-order valence-electron chi connectivity index (χ2n) is 6.19. The van der Waals surface area contributed by atoms with Crippen molar-refractivity contribution in [3.8, 4) is 5.75 Å². The Kier molecular flexibility index (Phi) is 5.78. The maximum atomic E-state index is 12.5. The number of hydrogen-bond acceptors (Lipinski definition) is 6. The summed E-state index contributed by atoms with van der Waals surface area (Å²) in [4.78, 5) is 37.8. The molecule has 2 amide bonds. The van der Waals surface area contributed by atoms with Crippen molar-refractivity contribution in [1.82, 2.24) is 5.32 Å². The molecular formula is C20H21N3O5. The number of hydrogen-bond donors (Lipinski definition) is 2. The average molecular weight is 383 g/mol. The summed E-state index contributed by atoms with van der Waals surface area (Å²) in [7, 11) is 2.85. The number of methoxy groups -OCH3 is 1. The normalized spacial score (nSPS) is 15.1. The quantitative estimate of drug-likeness (QED) is 0.758. The lowest BCUT2D eigenvalue weighted by molar-refractivity contribution is -0.127. The van der Waals surface area contributed by atoms with E-state index in [0.29, 0.717) is 17.0 Å². The van der Waals surface area contributed by atoms with Crippen LogP contribution in [0, 0.1) is 0 Å². The summed E-state index contributed by atoms with van der Waals surface area (Å²) in [5, 5.41) is 5.36. The van der Waals surface area contributed by atoms with E-state index in [9.17, 15) is 14.4 Å². The van der Waals surface area contributed by atoms with Crippen molar-refractivity contribution in [1.29, 1.82) is 0 Å². The number of benzene rings is 2. The van der Waals surface area contributed by atoms with Crippen LogP contribution in [0.4, 0.5) is 11.4 Å². The molecule has 0 bridgehead atoms. The van der Waals surface area contributed by atoms with E-state index in [1.165, 1.54) is 7.11 Å². The zero-order valence-electron chi connectivity index (χ0n) is 15.6. The lowest BCUT2D eigenvalue weighted by Crippen LogP contribution is -2.50. The molecular weight excluding hydrogens is 362 g/mol. The summed E-state index contributed by atoms with van der Waals surface area (Å²) >= 11 is 0. The molecule has 8 nitrogen and oxygen atoms in total. The summed E-state index contributed by atoms with van der Waals surface area (Å²) in [6, 6.07) is 13.7. The molecule has 2 aromatic rings. The van der Waals surface area contributed by atoms with Gasteiger partial charge < -0.3 is 25.0 Å². The second kappa shape index (κ2) is 8.43. The number of fused-ring (bicyclic) bond motifs is 1. The van der Waals surface area contributed by atoms with Crippen LogP contribution in [0.1, 0.15) is 10.4 Å². The molecule has 1 aliphatic heterocycles. The molecule has 0 aromatic heterocycles. The second-order valence-corrected chi connectivity index (χ2v) is 6.19. The van der Waals surface area contributed by atoms with Gasteiger partial charge in [-0.15, -0.1) is 0 Å². The molecule has 146 valence electrons. The SMILES string of the molecule is CNC(=O)C1CN(CC(=O)Nc2ccc(C(=O)OC)cc2)c2ccccc2O1. The van der Waals surface area contributed by atoms with Crippen molar-refractivity contribution < 1.29 is 23.9 Å². The van der Waals surface area contributed by atoms with Gasteiger partial charge in [-0.05, 0) is 36.4 Å². The minimum Gasteiger partial charge on any atom is -0.477 e.